The zero-order valence-corrected chi connectivity index (χ0v) is 14.4. The highest BCUT2D eigenvalue weighted by molar-refractivity contribution is 6.03. The molecule has 0 spiro atoms. The molecule has 25 heavy (non-hydrogen) atoms. The Morgan fingerprint density at radius 2 is 1.72 bits per heavy atom. The summed E-state index contributed by atoms with van der Waals surface area (Å²) in [6.45, 7) is 5.39. The van der Waals surface area contributed by atoms with E-state index in [1.54, 1.807) is 12.1 Å². The van der Waals surface area contributed by atoms with E-state index in [9.17, 15) is 14.7 Å². The number of aromatic carboxylic acids is 1. The van der Waals surface area contributed by atoms with Crippen molar-refractivity contribution >= 4 is 23.3 Å². The molecule has 0 fully saturated rings. The van der Waals surface area contributed by atoms with E-state index in [1.807, 2.05) is 49.1 Å². The lowest BCUT2D eigenvalue weighted by atomic mass is 10.0. The predicted octanol–water partition coefficient (Wildman–Crippen LogP) is 2.99. The molecule has 0 aliphatic carbocycles. The van der Waals surface area contributed by atoms with Crippen LogP contribution in [0.2, 0.25) is 0 Å². The minimum absolute atomic E-state index is 0.0306. The Kier molecular flexibility index (Phi) is 6.14. The fraction of sp³-hybridized carbons (Fsp3) is 0.263. The van der Waals surface area contributed by atoms with Gasteiger partial charge in [-0.15, -0.1) is 0 Å². The second kappa shape index (κ2) is 8.30. The minimum Gasteiger partial charge on any atom is -0.478 e. The summed E-state index contributed by atoms with van der Waals surface area (Å²) in [5.41, 5.74) is 7.10. The second-order valence-corrected chi connectivity index (χ2v) is 5.60. The van der Waals surface area contributed by atoms with Crippen LogP contribution >= 0.6 is 0 Å². The van der Waals surface area contributed by atoms with Crippen molar-refractivity contribution in [3.8, 4) is 0 Å². The lowest BCUT2D eigenvalue weighted by Gasteiger charge is -2.29. The van der Waals surface area contributed by atoms with Gasteiger partial charge in [0.25, 0.3) is 0 Å². The van der Waals surface area contributed by atoms with Crippen LogP contribution in [0.25, 0.3) is 0 Å². The highest BCUT2D eigenvalue weighted by atomic mass is 16.4. The first kappa shape index (κ1) is 18.5. The first-order chi connectivity index (χ1) is 12.0. The van der Waals surface area contributed by atoms with Gasteiger partial charge < -0.3 is 16.2 Å². The third kappa shape index (κ3) is 4.16. The van der Waals surface area contributed by atoms with E-state index in [0.29, 0.717) is 18.8 Å². The van der Waals surface area contributed by atoms with Gasteiger partial charge in [-0.05, 0) is 30.8 Å². The molecular weight excluding hydrogens is 318 g/mol. The van der Waals surface area contributed by atoms with Gasteiger partial charge in [0.1, 0.15) is 6.04 Å². The Hall–Kier alpha value is -2.86. The van der Waals surface area contributed by atoms with Crippen molar-refractivity contribution in [2.75, 3.05) is 24.1 Å². The minimum atomic E-state index is -1.13. The quantitative estimate of drug-likeness (QED) is 0.673. The molecule has 6 heteroatoms. The monoisotopic (exact) mass is 341 g/mol. The van der Waals surface area contributed by atoms with E-state index >= 15 is 0 Å². The molecular formula is C19H23N3O3. The summed E-state index contributed by atoms with van der Waals surface area (Å²) in [4.78, 5) is 26.2. The standard InChI is InChI=1S/C19H23N3O3/c1-3-22(4-2)17(13-9-6-5-7-10-13)18(23)21-15-12-8-11-14(16(15)20)19(24)25/h5-12,17H,3-4,20H2,1-2H3,(H,21,23)(H,24,25). The zero-order valence-electron chi connectivity index (χ0n) is 14.4. The number of nitrogens with two attached hydrogens (primary N) is 1. The van der Waals surface area contributed by atoms with Gasteiger partial charge in [0.05, 0.1) is 16.9 Å². The summed E-state index contributed by atoms with van der Waals surface area (Å²) in [6.07, 6.45) is 0. The van der Waals surface area contributed by atoms with Gasteiger partial charge in [0.15, 0.2) is 0 Å². The molecule has 0 heterocycles. The highest BCUT2D eigenvalue weighted by Gasteiger charge is 2.26. The smallest absolute Gasteiger partial charge is 0.337 e. The van der Waals surface area contributed by atoms with Crippen LogP contribution in [-0.2, 0) is 4.79 Å². The molecule has 0 saturated heterocycles. The molecule has 0 saturated carbocycles. The van der Waals surface area contributed by atoms with Crippen molar-refractivity contribution < 1.29 is 14.7 Å². The number of carboxylic acid groups (broad SMARTS) is 1. The van der Waals surface area contributed by atoms with E-state index in [2.05, 4.69) is 5.32 Å². The maximum atomic E-state index is 12.9. The van der Waals surface area contributed by atoms with Gasteiger partial charge in [0.2, 0.25) is 5.91 Å². The third-order valence-corrected chi connectivity index (χ3v) is 4.14. The lowest BCUT2D eigenvalue weighted by Crippen LogP contribution is -2.37. The number of nitrogens with one attached hydrogen (secondary N) is 1. The second-order valence-electron chi connectivity index (χ2n) is 5.60. The molecule has 1 unspecified atom stereocenters. The molecule has 1 atom stereocenters. The molecule has 1 amide bonds. The van der Waals surface area contributed by atoms with Crippen molar-refractivity contribution in [3.05, 3.63) is 59.7 Å². The van der Waals surface area contributed by atoms with Crippen LogP contribution in [0.15, 0.2) is 48.5 Å². The molecule has 0 aromatic heterocycles. The number of benzene rings is 2. The Bertz CT molecular complexity index is 743. The van der Waals surface area contributed by atoms with Crippen molar-refractivity contribution in [2.45, 2.75) is 19.9 Å². The van der Waals surface area contributed by atoms with Gasteiger partial charge in [-0.1, -0.05) is 50.2 Å². The number of likely N-dealkylation sites (N-methyl/N-ethyl adjacent to an activating group) is 1. The van der Waals surface area contributed by atoms with E-state index in [0.717, 1.165) is 5.56 Å². The lowest BCUT2D eigenvalue weighted by molar-refractivity contribution is -0.121. The van der Waals surface area contributed by atoms with Gasteiger partial charge in [-0.25, -0.2) is 4.79 Å². The molecule has 132 valence electrons. The van der Waals surface area contributed by atoms with Gasteiger partial charge in [-0.2, -0.15) is 0 Å². The number of rotatable bonds is 7. The number of nitrogen functional groups attached to an aromatic ring is 1. The van der Waals surface area contributed by atoms with Crippen molar-refractivity contribution in [2.24, 2.45) is 0 Å². The topological polar surface area (TPSA) is 95.7 Å². The number of carbonyl (C=O) groups excluding carboxylic acids is 1. The number of hydrogen-bond acceptors (Lipinski definition) is 4. The number of amides is 1. The van der Waals surface area contributed by atoms with Crippen LogP contribution in [-0.4, -0.2) is 35.0 Å². The Labute approximate surface area is 147 Å². The molecule has 2 aromatic rings. The largest absolute Gasteiger partial charge is 0.478 e. The number of nitrogens with zero attached hydrogens (tertiary/aromatic N) is 1. The number of carboxylic acids is 1. The normalized spacial score (nSPS) is 12.0. The number of para-hydroxylation sites is 1. The predicted molar refractivity (Wildman–Crippen MR) is 98.5 cm³/mol. The molecule has 4 N–H and O–H groups in total. The summed E-state index contributed by atoms with van der Waals surface area (Å²) >= 11 is 0. The summed E-state index contributed by atoms with van der Waals surface area (Å²) < 4.78 is 0. The van der Waals surface area contributed by atoms with E-state index in [4.69, 9.17) is 5.73 Å². The van der Waals surface area contributed by atoms with E-state index in [-0.39, 0.29) is 17.2 Å². The summed E-state index contributed by atoms with van der Waals surface area (Å²) in [5, 5.41) is 12.0. The Morgan fingerprint density at radius 1 is 1.08 bits per heavy atom. The van der Waals surface area contributed by atoms with Crippen LogP contribution in [0.1, 0.15) is 35.8 Å². The average Bonchev–Trinajstić information content (AvgIpc) is 2.61. The van der Waals surface area contributed by atoms with Crippen molar-refractivity contribution in [1.29, 1.82) is 0 Å². The third-order valence-electron chi connectivity index (χ3n) is 4.14. The van der Waals surface area contributed by atoms with Crippen LogP contribution in [0.5, 0.6) is 0 Å². The number of anilines is 2. The van der Waals surface area contributed by atoms with Gasteiger partial charge >= 0.3 is 5.97 Å². The van der Waals surface area contributed by atoms with Crippen LogP contribution < -0.4 is 11.1 Å². The Morgan fingerprint density at radius 3 is 2.28 bits per heavy atom. The molecule has 0 radical (unpaired) electrons. The molecule has 2 rings (SSSR count). The first-order valence-electron chi connectivity index (χ1n) is 8.21. The zero-order chi connectivity index (χ0) is 18.4. The SMILES string of the molecule is CCN(CC)C(C(=O)Nc1cccc(C(=O)O)c1N)c1ccccc1. The highest BCUT2D eigenvalue weighted by Crippen LogP contribution is 2.26. The number of hydrogen-bond donors (Lipinski definition) is 3. The molecule has 0 aliphatic rings. The first-order valence-corrected chi connectivity index (χ1v) is 8.21. The van der Waals surface area contributed by atoms with Crippen molar-refractivity contribution in [1.82, 2.24) is 4.90 Å². The van der Waals surface area contributed by atoms with Crippen molar-refractivity contribution in [3.63, 3.8) is 0 Å². The van der Waals surface area contributed by atoms with E-state index < -0.39 is 12.0 Å². The average molecular weight is 341 g/mol. The maximum Gasteiger partial charge on any atom is 0.337 e. The van der Waals surface area contributed by atoms with Gasteiger partial charge in [0, 0.05) is 0 Å². The van der Waals surface area contributed by atoms with Gasteiger partial charge in [-0.3, -0.25) is 9.69 Å². The summed E-state index contributed by atoms with van der Waals surface area (Å²) in [6, 6.07) is 13.6. The van der Waals surface area contributed by atoms with Crippen LogP contribution in [0.3, 0.4) is 0 Å². The molecule has 0 bridgehead atoms. The number of carbonyl (C=O) groups is 2. The molecule has 0 aliphatic heterocycles. The molecule has 6 nitrogen and oxygen atoms in total. The maximum absolute atomic E-state index is 12.9. The van der Waals surface area contributed by atoms with E-state index in [1.165, 1.54) is 6.07 Å². The van der Waals surface area contributed by atoms with Crippen LogP contribution in [0.4, 0.5) is 11.4 Å². The fourth-order valence-electron chi connectivity index (χ4n) is 2.81. The fourth-order valence-corrected chi connectivity index (χ4v) is 2.81. The van der Waals surface area contributed by atoms with Crippen LogP contribution in [0, 0.1) is 0 Å². The summed E-state index contributed by atoms with van der Waals surface area (Å²) in [7, 11) is 0. The molecule has 2 aromatic carbocycles. The Balaban J connectivity index is 2.35. The summed E-state index contributed by atoms with van der Waals surface area (Å²) in [5.74, 6) is -1.37.